The first kappa shape index (κ1) is 16.2. The van der Waals surface area contributed by atoms with Gasteiger partial charge in [-0.05, 0) is 24.6 Å². The molecule has 0 saturated heterocycles. The molecule has 2 aromatic rings. The average Bonchev–Trinajstić information content (AvgIpc) is 2.74. The van der Waals surface area contributed by atoms with Gasteiger partial charge in [0.15, 0.2) is 0 Å². The first-order valence-electron chi connectivity index (χ1n) is 6.62. The fraction of sp³-hybridized carbons (Fsp3) is 0.357. The van der Waals surface area contributed by atoms with Crippen molar-refractivity contribution in [2.24, 2.45) is 7.05 Å². The maximum Gasteiger partial charge on any atom is 0.333 e. The molecule has 0 aliphatic heterocycles. The summed E-state index contributed by atoms with van der Waals surface area (Å²) >= 11 is 0. The van der Waals surface area contributed by atoms with Crippen molar-refractivity contribution in [1.29, 1.82) is 0 Å². The third-order valence-corrected chi connectivity index (χ3v) is 4.32. The number of benzene rings is 1. The molecule has 0 N–H and O–H groups in total. The van der Waals surface area contributed by atoms with Gasteiger partial charge in [0.2, 0.25) is 5.82 Å². The molecule has 0 fully saturated rings. The zero-order valence-electron chi connectivity index (χ0n) is 12.9. The molecule has 0 unspecified atom stereocenters. The van der Waals surface area contributed by atoms with Gasteiger partial charge in [-0.3, -0.25) is 14.3 Å². The van der Waals surface area contributed by atoms with Crippen LogP contribution < -0.4 is 4.90 Å². The lowest BCUT2D eigenvalue weighted by molar-refractivity contribution is -0.384. The lowest BCUT2D eigenvalue weighted by Gasteiger charge is -2.18. The van der Waals surface area contributed by atoms with Crippen molar-refractivity contribution < 1.29 is 9.13 Å². The summed E-state index contributed by atoms with van der Waals surface area (Å²) in [7, 11) is 2.46. The van der Waals surface area contributed by atoms with Crippen LogP contribution in [0.25, 0.3) is 0 Å². The number of hydrogen-bond donors (Lipinski definition) is 0. The van der Waals surface area contributed by atoms with Crippen LogP contribution in [0.3, 0.4) is 0 Å². The monoisotopic (exact) mass is 322 g/mol. The molecule has 1 atom stereocenters. The van der Waals surface area contributed by atoms with E-state index in [1.165, 1.54) is 4.68 Å². The van der Waals surface area contributed by atoms with E-state index < -0.39 is 15.7 Å². The number of nitrogens with zero attached hydrogens (tertiary/aromatic N) is 4. The normalized spacial score (nSPS) is 12.2. The predicted molar refractivity (Wildman–Crippen MR) is 85.5 cm³/mol. The maximum absolute atomic E-state index is 11.4. The Morgan fingerprint density at radius 3 is 2.45 bits per heavy atom. The Hall–Kier alpha value is -2.22. The van der Waals surface area contributed by atoms with Crippen LogP contribution in [-0.4, -0.2) is 32.2 Å². The highest BCUT2D eigenvalue weighted by atomic mass is 32.2. The third-order valence-electron chi connectivity index (χ3n) is 3.38. The summed E-state index contributed by atoms with van der Waals surface area (Å²) in [6.45, 7) is 2.12. The van der Waals surface area contributed by atoms with Gasteiger partial charge in [-0.1, -0.05) is 12.1 Å². The molecular weight excluding hydrogens is 304 g/mol. The smallest absolute Gasteiger partial charge is 0.333 e. The molecule has 1 aromatic heterocycles. The van der Waals surface area contributed by atoms with E-state index >= 15 is 0 Å². The molecule has 7 nitrogen and oxygen atoms in total. The number of aryl methyl sites for hydroxylation is 2. The van der Waals surface area contributed by atoms with Crippen molar-refractivity contribution in [1.82, 2.24) is 9.78 Å². The molecule has 22 heavy (non-hydrogen) atoms. The highest BCUT2D eigenvalue weighted by Crippen LogP contribution is 2.30. The summed E-state index contributed by atoms with van der Waals surface area (Å²) in [5.41, 5.74) is 1.40. The van der Waals surface area contributed by atoms with Crippen LogP contribution in [0, 0.1) is 17.0 Å². The second-order valence-electron chi connectivity index (χ2n) is 5.09. The van der Waals surface area contributed by atoms with E-state index in [-0.39, 0.29) is 5.69 Å². The van der Waals surface area contributed by atoms with Crippen LogP contribution in [0.2, 0.25) is 0 Å². The van der Waals surface area contributed by atoms with Crippen LogP contribution in [0.5, 0.6) is 0 Å². The average molecular weight is 322 g/mol. The number of nitro groups is 1. The minimum absolute atomic E-state index is 0.0243. The summed E-state index contributed by atoms with van der Waals surface area (Å²) in [4.78, 5) is 13.4. The zero-order valence-corrected chi connectivity index (χ0v) is 13.8. The van der Waals surface area contributed by atoms with Crippen molar-refractivity contribution >= 4 is 22.3 Å². The Bertz CT molecular complexity index is 724. The summed E-state index contributed by atoms with van der Waals surface area (Å²) in [6.07, 6.45) is 1.63. The molecule has 0 radical (unpaired) electrons. The largest absolute Gasteiger partial charge is 0.350 e. The highest BCUT2D eigenvalue weighted by Gasteiger charge is 2.26. The Morgan fingerprint density at radius 2 is 1.95 bits per heavy atom. The van der Waals surface area contributed by atoms with Crippen molar-refractivity contribution in [2.75, 3.05) is 18.2 Å². The van der Waals surface area contributed by atoms with E-state index in [1.807, 2.05) is 24.3 Å². The minimum Gasteiger partial charge on any atom is -0.350 e. The van der Waals surface area contributed by atoms with Crippen molar-refractivity contribution in [3.63, 3.8) is 0 Å². The van der Waals surface area contributed by atoms with Crippen LogP contribution in [0.4, 0.5) is 11.5 Å². The molecule has 1 aromatic carbocycles. The maximum atomic E-state index is 11.4. The first-order chi connectivity index (χ1) is 10.3. The molecule has 0 spiro atoms. The molecule has 0 bridgehead atoms. The van der Waals surface area contributed by atoms with Crippen LogP contribution in [-0.2, 0) is 24.4 Å². The van der Waals surface area contributed by atoms with Gasteiger partial charge in [0.05, 0.1) is 4.92 Å². The van der Waals surface area contributed by atoms with E-state index in [0.717, 1.165) is 10.5 Å². The van der Waals surface area contributed by atoms with Crippen LogP contribution in [0.15, 0.2) is 29.2 Å². The Balaban J connectivity index is 2.27. The van der Waals surface area contributed by atoms with Gasteiger partial charge in [0.1, 0.15) is 5.69 Å². The zero-order chi connectivity index (χ0) is 16.4. The van der Waals surface area contributed by atoms with Crippen LogP contribution >= 0.6 is 0 Å². The number of hydrogen-bond acceptors (Lipinski definition) is 5. The SMILES string of the molecule is Cc1nn(C)c(N(C)Cc2ccc([S@@](C)=O)cc2)c1[N+](=O)[O-]. The molecule has 0 aliphatic carbocycles. The van der Waals surface area contributed by atoms with Crippen molar-refractivity contribution in [2.45, 2.75) is 18.4 Å². The fourth-order valence-electron chi connectivity index (χ4n) is 2.41. The Labute approximate surface area is 131 Å². The molecule has 0 saturated carbocycles. The van der Waals surface area contributed by atoms with Gasteiger partial charge in [0, 0.05) is 42.6 Å². The van der Waals surface area contributed by atoms with Gasteiger partial charge >= 0.3 is 5.69 Å². The lowest BCUT2D eigenvalue weighted by Crippen LogP contribution is -2.20. The quantitative estimate of drug-likeness (QED) is 0.621. The van der Waals surface area contributed by atoms with Crippen LogP contribution in [0.1, 0.15) is 11.3 Å². The van der Waals surface area contributed by atoms with E-state index in [1.54, 1.807) is 32.2 Å². The summed E-state index contributed by atoms with van der Waals surface area (Å²) in [5.74, 6) is 0.464. The van der Waals surface area contributed by atoms with Crippen molar-refractivity contribution in [3.05, 3.63) is 45.6 Å². The number of anilines is 1. The second-order valence-corrected chi connectivity index (χ2v) is 6.47. The molecule has 1 heterocycles. The summed E-state index contributed by atoms with van der Waals surface area (Å²) < 4.78 is 12.9. The molecule has 2 rings (SSSR count). The van der Waals surface area contributed by atoms with E-state index in [4.69, 9.17) is 0 Å². The summed E-state index contributed by atoms with van der Waals surface area (Å²) in [5, 5.41) is 15.3. The molecule has 0 amide bonds. The molecule has 8 heteroatoms. The summed E-state index contributed by atoms with van der Waals surface area (Å²) in [6, 6.07) is 7.37. The van der Waals surface area contributed by atoms with Gasteiger partial charge in [-0.25, -0.2) is 4.68 Å². The first-order valence-corrected chi connectivity index (χ1v) is 8.18. The highest BCUT2D eigenvalue weighted by molar-refractivity contribution is 7.84. The Kier molecular flexibility index (Phi) is 4.60. The van der Waals surface area contributed by atoms with E-state index in [0.29, 0.717) is 18.1 Å². The number of rotatable bonds is 5. The van der Waals surface area contributed by atoms with Gasteiger partial charge in [-0.15, -0.1) is 0 Å². The third kappa shape index (κ3) is 3.16. The molecule has 0 aliphatic rings. The Morgan fingerprint density at radius 1 is 1.36 bits per heavy atom. The van der Waals surface area contributed by atoms with Gasteiger partial charge < -0.3 is 4.90 Å². The predicted octanol–water partition coefficient (Wildman–Crippen LogP) is 2.01. The topological polar surface area (TPSA) is 81.3 Å². The number of aromatic nitrogens is 2. The fourth-order valence-corrected chi connectivity index (χ4v) is 2.93. The van der Waals surface area contributed by atoms with E-state index in [2.05, 4.69) is 5.10 Å². The second kappa shape index (κ2) is 6.27. The lowest BCUT2D eigenvalue weighted by atomic mass is 10.2. The van der Waals surface area contributed by atoms with Crippen molar-refractivity contribution in [3.8, 4) is 0 Å². The van der Waals surface area contributed by atoms with Gasteiger partial charge in [0.25, 0.3) is 0 Å². The minimum atomic E-state index is -1.01. The van der Waals surface area contributed by atoms with Gasteiger partial charge in [-0.2, -0.15) is 5.10 Å². The molecule has 118 valence electrons. The molecular formula is C14H18N4O3S. The van der Waals surface area contributed by atoms with E-state index in [9.17, 15) is 14.3 Å². The standard InChI is InChI=1S/C14H18N4O3S/c1-10-13(18(19)20)14(17(3)15-10)16(2)9-11-5-7-12(8-6-11)22(4)21/h5-8H,9H2,1-4H3/t22-/m1/s1.